The topological polar surface area (TPSA) is 64.6 Å². The molecule has 0 aliphatic heterocycles. The monoisotopic (exact) mass is 321 g/mol. The van der Waals surface area contributed by atoms with Gasteiger partial charge in [0.15, 0.2) is 0 Å². The summed E-state index contributed by atoms with van der Waals surface area (Å²) in [7, 11) is 1.35. The number of ether oxygens (including phenoxy) is 2. The third kappa shape index (κ3) is 5.93. The maximum absolute atomic E-state index is 12.1. The molecule has 0 heterocycles. The van der Waals surface area contributed by atoms with Crippen molar-refractivity contribution in [1.29, 1.82) is 0 Å². The van der Waals surface area contributed by atoms with Gasteiger partial charge >= 0.3 is 12.1 Å². The van der Waals surface area contributed by atoms with E-state index in [2.05, 4.69) is 5.32 Å². The highest BCUT2D eigenvalue weighted by atomic mass is 16.6. The molecule has 5 heteroatoms. The van der Waals surface area contributed by atoms with Gasteiger partial charge in [-0.05, 0) is 57.4 Å². The SMILES string of the molecule is CCCC(NC(=O)OC(C)(C)C)c1cc(C(=O)OC)ccc1C. The Kier molecular flexibility index (Phi) is 6.61. The van der Waals surface area contributed by atoms with Crippen molar-refractivity contribution in [1.82, 2.24) is 5.32 Å². The molecule has 1 aromatic rings. The van der Waals surface area contributed by atoms with Crippen LogP contribution in [-0.4, -0.2) is 24.8 Å². The predicted molar refractivity (Wildman–Crippen MR) is 89.5 cm³/mol. The second-order valence-corrected chi connectivity index (χ2v) is 6.55. The zero-order valence-corrected chi connectivity index (χ0v) is 14.9. The fourth-order valence-electron chi connectivity index (χ4n) is 2.30. The summed E-state index contributed by atoms with van der Waals surface area (Å²) in [6, 6.07) is 5.15. The maximum Gasteiger partial charge on any atom is 0.408 e. The van der Waals surface area contributed by atoms with Crippen molar-refractivity contribution in [2.24, 2.45) is 0 Å². The van der Waals surface area contributed by atoms with Crippen LogP contribution in [0.1, 0.15) is 68.1 Å². The average Bonchev–Trinajstić information content (AvgIpc) is 2.44. The largest absolute Gasteiger partial charge is 0.465 e. The maximum atomic E-state index is 12.1. The van der Waals surface area contributed by atoms with Gasteiger partial charge in [0, 0.05) is 0 Å². The lowest BCUT2D eigenvalue weighted by molar-refractivity contribution is 0.0500. The minimum Gasteiger partial charge on any atom is -0.465 e. The molecular formula is C18H27NO4. The minimum atomic E-state index is -0.552. The molecule has 1 unspecified atom stereocenters. The smallest absolute Gasteiger partial charge is 0.408 e. The van der Waals surface area contributed by atoms with Crippen LogP contribution in [0.5, 0.6) is 0 Å². The normalized spacial score (nSPS) is 12.4. The fourth-order valence-corrected chi connectivity index (χ4v) is 2.30. The van der Waals surface area contributed by atoms with Gasteiger partial charge < -0.3 is 14.8 Å². The first-order valence-corrected chi connectivity index (χ1v) is 7.86. The Morgan fingerprint density at radius 2 is 1.91 bits per heavy atom. The van der Waals surface area contributed by atoms with Crippen molar-refractivity contribution in [3.8, 4) is 0 Å². The van der Waals surface area contributed by atoms with Crippen LogP contribution in [0.4, 0.5) is 4.79 Å². The Morgan fingerprint density at radius 3 is 2.43 bits per heavy atom. The number of carbonyl (C=O) groups is 2. The van der Waals surface area contributed by atoms with Crippen LogP contribution in [0, 0.1) is 6.92 Å². The van der Waals surface area contributed by atoms with E-state index in [4.69, 9.17) is 9.47 Å². The number of alkyl carbamates (subject to hydrolysis) is 1. The van der Waals surface area contributed by atoms with E-state index in [0.29, 0.717) is 5.56 Å². The Bertz CT molecular complexity index is 561. The summed E-state index contributed by atoms with van der Waals surface area (Å²) in [5.74, 6) is -0.390. The highest BCUT2D eigenvalue weighted by Gasteiger charge is 2.22. The quantitative estimate of drug-likeness (QED) is 0.828. The van der Waals surface area contributed by atoms with Crippen molar-refractivity contribution in [2.75, 3.05) is 7.11 Å². The summed E-state index contributed by atoms with van der Waals surface area (Å²) in [5.41, 5.74) is 1.83. The number of hydrogen-bond acceptors (Lipinski definition) is 4. The summed E-state index contributed by atoms with van der Waals surface area (Å²) in [6.45, 7) is 9.47. The van der Waals surface area contributed by atoms with Gasteiger partial charge in [-0.3, -0.25) is 0 Å². The number of hydrogen-bond donors (Lipinski definition) is 1. The lowest BCUT2D eigenvalue weighted by Crippen LogP contribution is -2.35. The van der Waals surface area contributed by atoms with Gasteiger partial charge in [0.1, 0.15) is 5.60 Å². The zero-order chi connectivity index (χ0) is 17.6. The van der Waals surface area contributed by atoms with Crippen LogP contribution in [0.2, 0.25) is 0 Å². The first-order valence-electron chi connectivity index (χ1n) is 7.86. The third-order valence-corrected chi connectivity index (χ3v) is 3.34. The number of nitrogens with one attached hydrogen (secondary N) is 1. The van der Waals surface area contributed by atoms with Gasteiger partial charge in [-0.15, -0.1) is 0 Å². The van der Waals surface area contributed by atoms with Gasteiger partial charge in [-0.1, -0.05) is 19.4 Å². The standard InChI is InChI=1S/C18H27NO4/c1-7-8-15(19-17(21)23-18(3,4)5)14-11-13(16(20)22-6)10-9-12(14)2/h9-11,15H,7-8H2,1-6H3,(H,19,21). The molecule has 23 heavy (non-hydrogen) atoms. The van der Waals surface area contributed by atoms with Gasteiger partial charge in [0.25, 0.3) is 0 Å². The molecule has 5 nitrogen and oxygen atoms in total. The Morgan fingerprint density at radius 1 is 1.26 bits per heavy atom. The average molecular weight is 321 g/mol. The van der Waals surface area contributed by atoms with Crippen LogP contribution in [0.3, 0.4) is 0 Å². The summed E-state index contributed by atoms with van der Waals surface area (Å²) < 4.78 is 10.1. The Hall–Kier alpha value is -2.04. The molecule has 1 rings (SSSR count). The van der Waals surface area contributed by atoms with Crippen LogP contribution < -0.4 is 5.32 Å². The molecule has 1 N–H and O–H groups in total. The molecule has 1 atom stereocenters. The highest BCUT2D eigenvalue weighted by molar-refractivity contribution is 5.89. The molecule has 0 saturated heterocycles. The molecule has 0 fully saturated rings. The number of aryl methyl sites for hydroxylation is 1. The van der Waals surface area contributed by atoms with E-state index in [1.807, 2.05) is 40.7 Å². The van der Waals surface area contributed by atoms with Crippen LogP contribution in [0.25, 0.3) is 0 Å². The van der Waals surface area contributed by atoms with Crippen molar-refractivity contribution in [3.05, 3.63) is 34.9 Å². The molecule has 0 bridgehead atoms. The van der Waals surface area contributed by atoms with Gasteiger partial charge in [0.2, 0.25) is 0 Å². The van der Waals surface area contributed by atoms with E-state index in [-0.39, 0.29) is 6.04 Å². The molecule has 0 spiro atoms. The van der Waals surface area contributed by atoms with E-state index in [1.54, 1.807) is 12.1 Å². The van der Waals surface area contributed by atoms with E-state index in [0.717, 1.165) is 24.0 Å². The van der Waals surface area contributed by atoms with Crippen LogP contribution in [-0.2, 0) is 9.47 Å². The second kappa shape index (κ2) is 7.99. The van der Waals surface area contributed by atoms with Crippen LogP contribution >= 0.6 is 0 Å². The lowest BCUT2D eigenvalue weighted by atomic mass is 9.95. The molecule has 1 aromatic carbocycles. The number of benzene rings is 1. The van der Waals surface area contributed by atoms with Crippen molar-refractivity contribution >= 4 is 12.1 Å². The lowest BCUT2D eigenvalue weighted by Gasteiger charge is -2.25. The molecule has 1 amide bonds. The summed E-state index contributed by atoms with van der Waals surface area (Å²) >= 11 is 0. The number of esters is 1. The summed E-state index contributed by atoms with van der Waals surface area (Å²) in [5, 5.41) is 2.90. The molecule has 0 aliphatic carbocycles. The van der Waals surface area contributed by atoms with Crippen molar-refractivity contribution in [3.63, 3.8) is 0 Å². The van der Waals surface area contributed by atoms with Gasteiger partial charge in [0.05, 0.1) is 18.7 Å². The van der Waals surface area contributed by atoms with Crippen molar-refractivity contribution in [2.45, 2.75) is 59.1 Å². The fraction of sp³-hybridized carbons (Fsp3) is 0.556. The van der Waals surface area contributed by atoms with E-state index >= 15 is 0 Å². The third-order valence-electron chi connectivity index (χ3n) is 3.34. The number of rotatable bonds is 5. The first kappa shape index (κ1) is 19.0. The highest BCUT2D eigenvalue weighted by Crippen LogP contribution is 2.24. The summed E-state index contributed by atoms with van der Waals surface area (Å²) in [4.78, 5) is 23.8. The Balaban J connectivity index is 3.05. The first-order chi connectivity index (χ1) is 10.7. The number of methoxy groups -OCH3 is 1. The Labute approximate surface area is 138 Å². The molecule has 0 aromatic heterocycles. The molecular weight excluding hydrogens is 294 g/mol. The van der Waals surface area contributed by atoms with E-state index in [9.17, 15) is 9.59 Å². The predicted octanol–water partition coefficient (Wildman–Crippen LogP) is 4.15. The molecule has 0 radical (unpaired) electrons. The zero-order valence-electron chi connectivity index (χ0n) is 14.9. The molecule has 128 valence electrons. The molecule has 0 saturated carbocycles. The minimum absolute atomic E-state index is 0.209. The van der Waals surface area contributed by atoms with E-state index < -0.39 is 17.7 Å². The second-order valence-electron chi connectivity index (χ2n) is 6.55. The van der Waals surface area contributed by atoms with Gasteiger partial charge in [-0.2, -0.15) is 0 Å². The van der Waals surface area contributed by atoms with Crippen molar-refractivity contribution < 1.29 is 19.1 Å². The summed E-state index contributed by atoms with van der Waals surface area (Å²) in [6.07, 6.45) is 1.19. The number of amides is 1. The van der Waals surface area contributed by atoms with E-state index in [1.165, 1.54) is 7.11 Å². The van der Waals surface area contributed by atoms with Crippen LogP contribution in [0.15, 0.2) is 18.2 Å². The number of carbonyl (C=O) groups excluding carboxylic acids is 2. The van der Waals surface area contributed by atoms with Gasteiger partial charge in [-0.25, -0.2) is 9.59 Å². The molecule has 0 aliphatic rings.